The van der Waals surface area contributed by atoms with Crippen molar-refractivity contribution in [2.45, 2.75) is 46.2 Å². The smallest absolute Gasteiger partial charge is 0.223 e. The van der Waals surface area contributed by atoms with Crippen molar-refractivity contribution in [3.63, 3.8) is 0 Å². The summed E-state index contributed by atoms with van der Waals surface area (Å²) < 4.78 is 24.6. The van der Waals surface area contributed by atoms with Crippen molar-refractivity contribution in [3.05, 3.63) is 35.4 Å². The lowest BCUT2D eigenvalue weighted by Crippen LogP contribution is -2.42. The van der Waals surface area contributed by atoms with Gasteiger partial charge in [-0.1, -0.05) is 38.1 Å². The number of nitrogens with one attached hydrogen (secondary N) is 1. The Labute approximate surface area is 175 Å². The molecule has 3 rings (SSSR count). The third-order valence-corrected chi connectivity index (χ3v) is 7.44. The molecule has 0 aromatic heterocycles. The minimum absolute atomic E-state index is 0.0264. The number of hydrogen-bond acceptors (Lipinski definition) is 4. The summed E-state index contributed by atoms with van der Waals surface area (Å²) in [5, 5.41) is 3.02. The summed E-state index contributed by atoms with van der Waals surface area (Å²) in [5.41, 5.74) is 2.41. The first kappa shape index (κ1) is 22.2. The summed E-state index contributed by atoms with van der Waals surface area (Å²) in [7, 11) is -3.15. The van der Waals surface area contributed by atoms with Gasteiger partial charge in [0, 0.05) is 45.2 Å². The van der Waals surface area contributed by atoms with Crippen LogP contribution in [-0.4, -0.2) is 56.0 Å². The molecule has 2 aliphatic rings. The molecule has 2 fully saturated rings. The molecule has 7 heteroatoms. The average Bonchev–Trinajstić information content (AvgIpc) is 2.66. The second kappa shape index (κ2) is 9.58. The first-order valence-corrected chi connectivity index (χ1v) is 12.6. The van der Waals surface area contributed by atoms with Crippen molar-refractivity contribution in [1.29, 1.82) is 0 Å². The van der Waals surface area contributed by atoms with Crippen LogP contribution in [-0.2, 0) is 27.9 Å². The zero-order valence-corrected chi connectivity index (χ0v) is 18.7. The monoisotopic (exact) mass is 421 g/mol. The number of rotatable bonds is 6. The summed E-state index contributed by atoms with van der Waals surface area (Å²) in [6.45, 7) is 9.36. The Hall–Kier alpha value is -1.44. The number of sulfonamides is 1. The highest BCUT2D eigenvalue weighted by atomic mass is 32.2. The second-order valence-electron chi connectivity index (χ2n) is 9.11. The van der Waals surface area contributed by atoms with E-state index in [9.17, 15) is 13.2 Å². The topological polar surface area (TPSA) is 69.7 Å². The molecule has 6 nitrogen and oxygen atoms in total. The van der Waals surface area contributed by atoms with E-state index in [4.69, 9.17) is 0 Å². The largest absolute Gasteiger partial charge is 0.352 e. The first-order chi connectivity index (χ1) is 13.7. The molecule has 2 heterocycles. The molecule has 2 unspecified atom stereocenters. The van der Waals surface area contributed by atoms with Crippen LogP contribution in [0.3, 0.4) is 0 Å². The molecule has 2 atom stereocenters. The second-order valence-corrected chi connectivity index (χ2v) is 11.1. The quantitative estimate of drug-likeness (QED) is 0.766. The normalized spacial score (nSPS) is 25.1. The molecule has 1 aromatic rings. The van der Waals surface area contributed by atoms with Crippen molar-refractivity contribution >= 4 is 15.9 Å². The van der Waals surface area contributed by atoms with Gasteiger partial charge in [-0.05, 0) is 42.2 Å². The fraction of sp³-hybridized carbons (Fsp3) is 0.682. The number of nitrogens with zero attached hydrogens (tertiary/aromatic N) is 2. The Bertz CT molecular complexity index is 776. The van der Waals surface area contributed by atoms with Gasteiger partial charge in [-0.15, -0.1) is 0 Å². The number of benzene rings is 1. The van der Waals surface area contributed by atoms with E-state index in [2.05, 4.69) is 48.3 Å². The highest BCUT2D eigenvalue weighted by Crippen LogP contribution is 2.23. The summed E-state index contributed by atoms with van der Waals surface area (Å²) in [5.74, 6) is 1.45. The zero-order chi connectivity index (χ0) is 21.0. The number of carbonyl (C=O) groups is 1. The molecule has 1 aromatic carbocycles. The Balaban J connectivity index is 1.44. The standard InChI is InChI=1S/C22H35N3O3S/c1-17-12-18(2)15-24(14-17)16-20-6-4-19(5-7-20)13-23-22(26)21-8-10-25(11-9-21)29(3,27)28/h4-7,17-18,21H,8-16H2,1-3H3,(H,23,26). The van der Waals surface area contributed by atoms with Gasteiger partial charge in [-0.3, -0.25) is 9.69 Å². The fourth-order valence-electron chi connectivity index (χ4n) is 4.73. The van der Waals surface area contributed by atoms with Gasteiger partial charge in [-0.2, -0.15) is 0 Å². The number of carbonyl (C=O) groups excluding carboxylic acids is 1. The number of piperidine rings is 2. The predicted octanol–water partition coefficient (Wildman–Crippen LogP) is 2.45. The molecule has 0 radical (unpaired) electrons. The van der Waals surface area contributed by atoms with Crippen molar-refractivity contribution in [2.75, 3.05) is 32.4 Å². The Kier molecular flexibility index (Phi) is 7.35. The van der Waals surface area contributed by atoms with Crippen LogP contribution in [0.4, 0.5) is 0 Å². The molecule has 2 saturated heterocycles. The highest BCUT2D eigenvalue weighted by molar-refractivity contribution is 7.88. The van der Waals surface area contributed by atoms with E-state index in [-0.39, 0.29) is 11.8 Å². The number of hydrogen-bond donors (Lipinski definition) is 1. The Morgan fingerprint density at radius 1 is 1.03 bits per heavy atom. The van der Waals surface area contributed by atoms with E-state index in [0.29, 0.717) is 32.5 Å². The summed E-state index contributed by atoms with van der Waals surface area (Å²) in [6, 6.07) is 8.52. The maximum atomic E-state index is 12.4. The van der Waals surface area contributed by atoms with Gasteiger partial charge in [-0.25, -0.2) is 12.7 Å². The molecule has 29 heavy (non-hydrogen) atoms. The molecular formula is C22H35N3O3S. The van der Waals surface area contributed by atoms with Crippen LogP contribution in [0.15, 0.2) is 24.3 Å². The van der Waals surface area contributed by atoms with Crippen LogP contribution in [0.5, 0.6) is 0 Å². The van der Waals surface area contributed by atoms with E-state index in [0.717, 1.165) is 23.9 Å². The summed E-state index contributed by atoms with van der Waals surface area (Å²) in [4.78, 5) is 15.0. The van der Waals surface area contributed by atoms with Crippen LogP contribution in [0, 0.1) is 17.8 Å². The first-order valence-electron chi connectivity index (χ1n) is 10.7. The van der Waals surface area contributed by atoms with Crippen molar-refractivity contribution in [2.24, 2.45) is 17.8 Å². The SMILES string of the molecule is CC1CC(C)CN(Cc2ccc(CNC(=O)C3CCN(S(C)(=O)=O)CC3)cc2)C1. The molecule has 0 saturated carbocycles. The zero-order valence-electron chi connectivity index (χ0n) is 17.9. The lowest BCUT2D eigenvalue weighted by Gasteiger charge is -2.35. The van der Waals surface area contributed by atoms with Crippen LogP contribution in [0.1, 0.15) is 44.2 Å². The van der Waals surface area contributed by atoms with Gasteiger partial charge in [0.1, 0.15) is 0 Å². The van der Waals surface area contributed by atoms with Gasteiger partial charge >= 0.3 is 0 Å². The molecule has 1 amide bonds. The van der Waals surface area contributed by atoms with E-state index in [1.54, 1.807) is 0 Å². The van der Waals surface area contributed by atoms with Crippen LogP contribution >= 0.6 is 0 Å². The number of likely N-dealkylation sites (tertiary alicyclic amines) is 1. The molecule has 0 aliphatic carbocycles. The van der Waals surface area contributed by atoms with Gasteiger partial charge < -0.3 is 5.32 Å². The fourth-order valence-corrected chi connectivity index (χ4v) is 5.60. The van der Waals surface area contributed by atoms with Crippen LogP contribution in [0.2, 0.25) is 0 Å². The molecular weight excluding hydrogens is 386 g/mol. The maximum Gasteiger partial charge on any atom is 0.223 e. The predicted molar refractivity (Wildman–Crippen MR) is 116 cm³/mol. The maximum absolute atomic E-state index is 12.4. The van der Waals surface area contributed by atoms with E-state index in [1.165, 1.54) is 35.6 Å². The van der Waals surface area contributed by atoms with Crippen LogP contribution in [0.25, 0.3) is 0 Å². The van der Waals surface area contributed by atoms with E-state index in [1.807, 2.05) is 0 Å². The van der Waals surface area contributed by atoms with Crippen molar-refractivity contribution in [3.8, 4) is 0 Å². The molecule has 1 N–H and O–H groups in total. The molecule has 2 aliphatic heterocycles. The van der Waals surface area contributed by atoms with E-state index >= 15 is 0 Å². The molecule has 162 valence electrons. The average molecular weight is 422 g/mol. The lowest BCUT2D eigenvalue weighted by atomic mass is 9.91. The third-order valence-electron chi connectivity index (χ3n) is 6.13. The minimum Gasteiger partial charge on any atom is -0.352 e. The van der Waals surface area contributed by atoms with Gasteiger partial charge in [0.25, 0.3) is 0 Å². The van der Waals surface area contributed by atoms with Crippen molar-refractivity contribution < 1.29 is 13.2 Å². The van der Waals surface area contributed by atoms with Gasteiger partial charge in [0.15, 0.2) is 0 Å². The van der Waals surface area contributed by atoms with Gasteiger partial charge in [0.2, 0.25) is 15.9 Å². The highest BCUT2D eigenvalue weighted by Gasteiger charge is 2.28. The number of amides is 1. The Morgan fingerprint density at radius 3 is 2.14 bits per heavy atom. The van der Waals surface area contributed by atoms with Crippen LogP contribution < -0.4 is 5.32 Å². The lowest BCUT2D eigenvalue weighted by molar-refractivity contribution is -0.126. The molecule has 0 bridgehead atoms. The van der Waals surface area contributed by atoms with Crippen molar-refractivity contribution in [1.82, 2.24) is 14.5 Å². The third kappa shape index (κ3) is 6.52. The van der Waals surface area contributed by atoms with Gasteiger partial charge in [0.05, 0.1) is 6.26 Å². The Morgan fingerprint density at radius 2 is 1.59 bits per heavy atom. The molecule has 0 spiro atoms. The summed E-state index contributed by atoms with van der Waals surface area (Å²) >= 11 is 0. The summed E-state index contributed by atoms with van der Waals surface area (Å²) in [6.07, 6.45) is 3.72. The van der Waals surface area contributed by atoms with E-state index < -0.39 is 10.0 Å². The minimum atomic E-state index is -3.15.